The van der Waals surface area contributed by atoms with Crippen LogP contribution in [0.2, 0.25) is 4.34 Å². The Morgan fingerprint density at radius 3 is 2.40 bits per heavy atom. The van der Waals surface area contributed by atoms with Crippen molar-refractivity contribution in [2.75, 3.05) is 6.54 Å². The van der Waals surface area contributed by atoms with Crippen molar-refractivity contribution in [1.82, 2.24) is 4.72 Å². The molecule has 0 bridgehead atoms. The third-order valence-corrected chi connectivity index (χ3v) is 5.38. The van der Waals surface area contributed by atoms with Crippen molar-refractivity contribution in [3.63, 3.8) is 0 Å². The number of sulfonamides is 1. The van der Waals surface area contributed by atoms with Gasteiger partial charge in [-0.15, -0.1) is 11.3 Å². The number of halogens is 1. The lowest BCUT2D eigenvalue weighted by Gasteiger charge is -2.06. The normalized spacial score (nSPS) is 11.7. The van der Waals surface area contributed by atoms with E-state index in [2.05, 4.69) is 4.72 Å². The van der Waals surface area contributed by atoms with Crippen LogP contribution in [-0.2, 0) is 23.0 Å². The first-order valence-corrected chi connectivity index (χ1v) is 8.72. The van der Waals surface area contributed by atoms with Crippen LogP contribution >= 0.6 is 22.9 Å². The van der Waals surface area contributed by atoms with Crippen LogP contribution in [0.1, 0.15) is 10.4 Å². The average molecular weight is 331 g/mol. The van der Waals surface area contributed by atoms with Gasteiger partial charge in [-0.25, -0.2) is 13.1 Å². The van der Waals surface area contributed by atoms with E-state index < -0.39 is 10.0 Å². The molecule has 2 rings (SSSR count). The third kappa shape index (κ3) is 4.04. The Morgan fingerprint density at radius 2 is 1.85 bits per heavy atom. The van der Waals surface area contributed by atoms with Crippen LogP contribution in [-0.4, -0.2) is 15.0 Å². The molecule has 4 nitrogen and oxygen atoms in total. The highest BCUT2D eigenvalue weighted by molar-refractivity contribution is 7.89. The second-order valence-electron chi connectivity index (χ2n) is 4.21. The number of thiophene rings is 1. The Hall–Kier alpha value is -0.920. The fourth-order valence-corrected chi connectivity index (χ4v) is 3.82. The molecular weight excluding hydrogens is 316 g/mol. The van der Waals surface area contributed by atoms with E-state index in [0.29, 0.717) is 10.9 Å². The third-order valence-electron chi connectivity index (χ3n) is 2.73. The monoisotopic (exact) mass is 330 g/mol. The van der Waals surface area contributed by atoms with Gasteiger partial charge in [0, 0.05) is 11.4 Å². The molecule has 3 N–H and O–H groups in total. The van der Waals surface area contributed by atoms with Crippen LogP contribution in [0.3, 0.4) is 0 Å². The molecule has 2 aromatic rings. The standard InChI is InChI=1S/C13H15ClN2O2S2/c14-13-6-3-11(19-13)9-16-20(17,18)12-4-1-10(2-5-12)7-8-15/h1-6,16H,7-9,15H2. The molecule has 0 aliphatic rings. The molecular formula is C13H15ClN2O2S2. The molecule has 0 unspecified atom stereocenters. The summed E-state index contributed by atoms with van der Waals surface area (Å²) in [6.45, 7) is 0.785. The van der Waals surface area contributed by atoms with Gasteiger partial charge in [0.2, 0.25) is 10.0 Å². The molecule has 1 aromatic carbocycles. The summed E-state index contributed by atoms with van der Waals surface area (Å²) in [6.07, 6.45) is 0.738. The zero-order chi connectivity index (χ0) is 14.6. The summed E-state index contributed by atoms with van der Waals surface area (Å²) < 4.78 is 27.4. The molecule has 0 radical (unpaired) electrons. The smallest absolute Gasteiger partial charge is 0.240 e. The average Bonchev–Trinajstić information content (AvgIpc) is 2.84. The number of nitrogens with one attached hydrogen (secondary N) is 1. The van der Waals surface area contributed by atoms with Crippen molar-refractivity contribution in [3.05, 3.63) is 51.2 Å². The van der Waals surface area contributed by atoms with Crippen LogP contribution in [0.4, 0.5) is 0 Å². The molecule has 0 aliphatic carbocycles. The minimum Gasteiger partial charge on any atom is -0.330 e. The Bertz CT molecular complexity index is 666. The van der Waals surface area contributed by atoms with Gasteiger partial charge in [0.25, 0.3) is 0 Å². The maximum atomic E-state index is 12.1. The van der Waals surface area contributed by atoms with Gasteiger partial charge in [0.15, 0.2) is 0 Å². The van der Waals surface area contributed by atoms with Gasteiger partial charge < -0.3 is 5.73 Å². The van der Waals surface area contributed by atoms with Gasteiger partial charge in [0.05, 0.1) is 9.23 Å². The summed E-state index contributed by atoms with van der Waals surface area (Å²) in [4.78, 5) is 1.12. The highest BCUT2D eigenvalue weighted by atomic mass is 35.5. The molecule has 0 atom stereocenters. The van der Waals surface area contributed by atoms with Gasteiger partial charge in [-0.3, -0.25) is 0 Å². The Morgan fingerprint density at radius 1 is 1.15 bits per heavy atom. The van der Waals surface area contributed by atoms with Crippen molar-refractivity contribution in [2.24, 2.45) is 5.73 Å². The first-order valence-electron chi connectivity index (χ1n) is 6.04. The first-order chi connectivity index (χ1) is 9.51. The van der Waals surface area contributed by atoms with Crippen LogP contribution in [0, 0.1) is 0 Å². The van der Waals surface area contributed by atoms with Gasteiger partial charge in [-0.2, -0.15) is 0 Å². The quantitative estimate of drug-likeness (QED) is 0.854. The summed E-state index contributed by atoms with van der Waals surface area (Å²) in [6, 6.07) is 10.3. The minimum atomic E-state index is -3.50. The Balaban J connectivity index is 2.05. The highest BCUT2D eigenvalue weighted by Crippen LogP contribution is 2.21. The summed E-state index contributed by atoms with van der Waals surface area (Å²) in [5.74, 6) is 0. The van der Waals surface area contributed by atoms with Crippen LogP contribution in [0.5, 0.6) is 0 Å². The van der Waals surface area contributed by atoms with Gasteiger partial charge in [-0.05, 0) is 42.8 Å². The molecule has 1 aromatic heterocycles. The van der Waals surface area contributed by atoms with E-state index in [1.54, 1.807) is 36.4 Å². The minimum absolute atomic E-state index is 0.240. The zero-order valence-electron chi connectivity index (χ0n) is 10.7. The second kappa shape index (κ2) is 6.69. The zero-order valence-corrected chi connectivity index (χ0v) is 13.1. The number of rotatable bonds is 6. The number of benzene rings is 1. The predicted octanol–water partition coefficient (Wildman–Crippen LogP) is 2.38. The largest absolute Gasteiger partial charge is 0.330 e. The molecule has 0 saturated carbocycles. The van der Waals surface area contributed by atoms with E-state index in [4.69, 9.17) is 17.3 Å². The Kier molecular flexibility index (Phi) is 5.17. The summed E-state index contributed by atoms with van der Waals surface area (Å²) in [7, 11) is -3.50. The maximum Gasteiger partial charge on any atom is 0.240 e. The molecule has 0 amide bonds. The van der Waals surface area contributed by atoms with Crippen LogP contribution in [0.15, 0.2) is 41.3 Å². The van der Waals surface area contributed by atoms with Crippen molar-refractivity contribution in [2.45, 2.75) is 17.9 Å². The SMILES string of the molecule is NCCc1ccc(S(=O)(=O)NCc2ccc(Cl)s2)cc1. The van der Waals surface area contributed by atoms with E-state index in [9.17, 15) is 8.42 Å². The molecule has 7 heteroatoms. The van der Waals surface area contributed by atoms with Crippen molar-refractivity contribution >= 4 is 33.0 Å². The fourth-order valence-electron chi connectivity index (χ4n) is 1.70. The highest BCUT2D eigenvalue weighted by Gasteiger charge is 2.13. The van der Waals surface area contributed by atoms with Crippen molar-refractivity contribution in [1.29, 1.82) is 0 Å². The molecule has 0 spiro atoms. The van der Waals surface area contributed by atoms with E-state index in [-0.39, 0.29) is 11.4 Å². The Labute approximate surface area is 127 Å². The molecule has 0 aliphatic heterocycles. The van der Waals surface area contributed by atoms with E-state index in [1.165, 1.54) is 11.3 Å². The lowest BCUT2D eigenvalue weighted by molar-refractivity contribution is 0.582. The first kappa shape index (κ1) is 15.5. The van der Waals surface area contributed by atoms with Gasteiger partial charge >= 0.3 is 0 Å². The molecule has 0 saturated heterocycles. The number of hydrogen-bond acceptors (Lipinski definition) is 4. The molecule has 20 heavy (non-hydrogen) atoms. The summed E-state index contributed by atoms with van der Waals surface area (Å²) >= 11 is 7.16. The lowest BCUT2D eigenvalue weighted by Crippen LogP contribution is -2.22. The van der Waals surface area contributed by atoms with Crippen molar-refractivity contribution < 1.29 is 8.42 Å². The molecule has 0 fully saturated rings. The fraction of sp³-hybridized carbons (Fsp3) is 0.231. The summed E-state index contributed by atoms with van der Waals surface area (Å²) in [5.41, 5.74) is 6.48. The number of hydrogen-bond donors (Lipinski definition) is 2. The van der Waals surface area contributed by atoms with Gasteiger partial charge in [-0.1, -0.05) is 23.7 Å². The lowest BCUT2D eigenvalue weighted by atomic mass is 10.2. The maximum absolute atomic E-state index is 12.1. The van der Waals surface area contributed by atoms with E-state index in [0.717, 1.165) is 16.9 Å². The predicted molar refractivity (Wildman–Crippen MR) is 82.6 cm³/mol. The second-order valence-corrected chi connectivity index (χ2v) is 7.78. The van der Waals surface area contributed by atoms with E-state index in [1.807, 2.05) is 0 Å². The van der Waals surface area contributed by atoms with E-state index >= 15 is 0 Å². The summed E-state index contributed by atoms with van der Waals surface area (Å²) in [5, 5.41) is 0. The topological polar surface area (TPSA) is 72.2 Å². The number of nitrogens with two attached hydrogens (primary N) is 1. The van der Waals surface area contributed by atoms with Crippen molar-refractivity contribution in [3.8, 4) is 0 Å². The van der Waals surface area contributed by atoms with Crippen LogP contribution in [0.25, 0.3) is 0 Å². The molecule has 1 heterocycles. The van der Waals surface area contributed by atoms with Crippen LogP contribution < -0.4 is 10.5 Å². The van der Waals surface area contributed by atoms with Gasteiger partial charge in [0.1, 0.15) is 0 Å². The molecule has 108 valence electrons.